The van der Waals surface area contributed by atoms with E-state index in [9.17, 15) is 14.4 Å². The number of nitrogens with zero attached hydrogens (tertiary/aromatic N) is 1. The van der Waals surface area contributed by atoms with Gasteiger partial charge < -0.3 is 12.3 Å². The molecule has 0 aromatic heterocycles. The molecule has 2 heterocycles. The van der Waals surface area contributed by atoms with Gasteiger partial charge in [-0.3, -0.25) is 19.7 Å². The van der Waals surface area contributed by atoms with Crippen LogP contribution in [-0.2, 0) is 35.4 Å². The first kappa shape index (κ1) is 18.5. The van der Waals surface area contributed by atoms with Crippen LogP contribution in [0.1, 0.15) is 12.8 Å². The minimum atomic E-state index is -0.581. The zero-order valence-electron chi connectivity index (χ0n) is 11.3. The summed E-state index contributed by atoms with van der Waals surface area (Å²) >= 11 is 0. The van der Waals surface area contributed by atoms with Gasteiger partial charge >= 0.3 is 0 Å². The molecule has 0 bridgehead atoms. The molecule has 1 unspecified atom stereocenters. The maximum Gasteiger partial charge on any atom is 0.254 e. The van der Waals surface area contributed by atoms with E-state index in [0.29, 0.717) is 18.5 Å². The molecule has 20 heavy (non-hydrogen) atoms. The van der Waals surface area contributed by atoms with Crippen LogP contribution in [0.2, 0.25) is 0 Å². The predicted octanol–water partition coefficient (Wildman–Crippen LogP) is 0.750. The summed E-state index contributed by atoms with van der Waals surface area (Å²) in [6.45, 7) is 7.63. The number of piperidine rings is 1. The Hall–Kier alpha value is -1.48. The molecule has 2 aliphatic heterocycles. The van der Waals surface area contributed by atoms with Crippen LogP contribution in [0.4, 0.5) is 0 Å². The third kappa shape index (κ3) is 3.34. The SMILES string of the molecule is C=C/C=C1/CN(C2CCC(=O)NC2=O)C(=O)C1=C.[CH3-].[W]. The molecular formula is C14H17N2O3W-. The van der Waals surface area contributed by atoms with Crippen molar-refractivity contribution in [2.75, 3.05) is 6.54 Å². The van der Waals surface area contributed by atoms with Crippen LogP contribution in [0.5, 0.6) is 0 Å². The standard InChI is InChI=1S/C13H14N2O3.CH3.W/c1-3-4-9-7-15(13(18)8(9)2)10-5-6-11(16)14-12(10)17;;/h3-4,10H,1-2,5-7H2,(H,14,16,17);1H3;/q;-1;/b9-4-;;. The van der Waals surface area contributed by atoms with Crippen LogP contribution >= 0.6 is 0 Å². The minimum Gasteiger partial charge on any atom is -0.358 e. The molecule has 2 fully saturated rings. The molecule has 0 radical (unpaired) electrons. The number of amides is 3. The fraction of sp³-hybridized carbons (Fsp3) is 0.286. The first-order valence-electron chi connectivity index (χ1n) is 5.70. The summed E-state index contributed by atoms with van der Waals surface area (Å²) in [4.78, 5) is 36.2. The van der Waals surface area contributed by atoms with Crippen molar-refractivity contribution in [2.24, 2.45) is 0 Å². The summed E-state index contributed by atoms with van der Waals surface area (Å²) in [5.74, 6) is -0.951. The van der Waals surface area contributed by atoms with E-state index in [2.05, 4.69) is 18.5 Å². The molecule has 2 saturated heterocycles. The second kappa shape index (κ2) is 7.34. The summed E-state index contributed by atoms with van der Waals surface area (Å²) in [5.41, 5.74) is 1.15. The number of carbonyl (C=O) groups is 3. The maximum atomic E-state index is 12.0. The first-order chi connectivity index (χ1) is 8.54. The number of likely N-dealkylation sites (tertiary alicyclic amines) is 1. The van der Waals surface area contributed by atoms with E-state index in [4.69, 9.17) is 0 Å². The van der Waals surface area contributed by atoms with Gasteiger partial charge in [0, 0.05) is 39.6 Å². The fourth-order valence-electron chi connectivity index (χ4n) is 2.19. The molecular weight excluding hydrogens is 428 g/mol. The Bertz CT molecular complexity index is 497. The molecule has 6 heteroatoms. The van der Waals surface area contributed by atoms with Gasteiger partial charge in [-0.25, -0.2) is 0 Å². The Kier molecular flexibility index (Phi) is 6.80. The first-order valence-corrected chi connectivity index (χ1v) is 5.70. The topological polar surface area (TPSA) is 66.5 Å². The number of allylic oxidation sites excluding steroid dienone is 2. The second-order valence-electron chi connectivity index (χ2n) is 4.31. The molecule has 0 aromatic rings. The maximum absolute atomic E-state index is 12.0. The number of rotatable bonds is 2. The van der Waals surface area contributed by atoms with Gasteiger partial charge in [-0.2, -0.15) is 0 Å². The van der Waals surface area contributed by atoms with Gasteiger partial charge in [0.2, 0.25) is 11.8 Å². The van der Waals surface area contributed by atoms with E-state index in [1.807, 2.05) is 0 Å². The zero-order chi connectivity index (χ0) is 13.3. The summed E-state index contributed by atoms with van der Waals surface area (Å²) in [5, 5.41) is 2.25. The molecule has 0 aromatic carbocycles. The van der Waals surface area contributed by atoms with E-state index in [1.165, 1.54) is 4.90 Å². The zero-order valence-corrected chi connectivity index (χ0v) is 14.3. The van der Waals surface area contributed by atoms with Crippen molar-refractivity contribution in [1.29, 1.82) is 0 Å². The van der Waals surface area contributed by atoms with E-state index in [-0.39, 0.29) is 46.7 Å². The average Bonchev–Trinajstić information content (AvgIpc) is 2.58. The average molecular weight is 445 g/mol. The van der Waals surface area contributed by atoms with Crippen molar-refractivity contribution in [1.82, 2.24) is 10.2 Å². The smallest absolute Gasteiger partial charge is 0.254 e. The van der Waals surface area contributed by atoms with Gasteiger partial charge in [-0.05, 0) is 12.0 Å². The van der Waals surface area contributed by atoms with Crippen molar-refractivity contribution in [2.45, 2.75) is 18.9 Å². The van der Waals surface area contributed by atoms with Crippen LogP contribution in [0.25, 0.3) is 0 Å². The Morgan fingerprint density at radius 1 is 1.30 bits per heavy atom. The predicted molar refractivity (Wildman–Crippen MR) is 71.7 cm³/mol. The number of carbonyl (C=O) groups excluding carboxylic acids is 3. The normalized spacial score (nSPS) is 24.1. The molecule has 1 atom stereocenters. The second-order valence-corrected chi connectivity index (χ2v) is 4.31. The van der Waals surface area contributed by atoms with Gasteiger partial charge in [0.1, 0.15) is 6.04 Å². The van der Waals surface area contributed by atoms with Crippen molar-refractivity contribution < 1.29 is 35.4 Å². The van der Waals surface area contributed by atoms with Gasteiger partial charge in [-0.15, -0.1) is 0 Å². The Morgan fingerprint density at radius 2 is 1.95 bits per heavy atom. The van der Waals surface area contributed by atoms with Crippen molar-refractivity contribution in [3.8, 4) is 0 Å². The van der Waals surface area contributed by atoms with E-state index in [0.717, 1.165) is 5.57 Å². The quantitative estimate of drug-likeness (QED) is 0.388. The molecule has 2 aliphatic rings. The van der Waals surface area contributed by atoms with Crippen molar-refractivity contribution in [3.63, 3.8) is 0 Å². The number of hydrogen-bond donors (Lipinski definition) is 1. The third-order valence-corrected chi connectivity index (χ3v) is 3.15. The van der Waals surface area contributed by atoms with Crippen molar-refractivity contribution >= 4 is 17.7 Å². The summed E-state index contributed by atoms with van der Waals surface area (Å²) in [6.07, 6.45) is 3.92. The van der Waals surface area contributed by atoms with E-state index >= 15 is 0 Å². The molecule has 2 rings (SSSR count). The minimum absolute atomic E-state index is 0. The Labute approximate surface area is 133 Å². The molecule has 1 N–H and O–H groups in total. The van der Waals surface area contributed by atoms with Gasteiger partial charge in [-0.1, -0.05) is 25.3 Å². The summed E-state index contributed by atoms with van der Waals surface area (Å²) < 4.78 is 0. The third-order valence-electron chi connectivity index (χ3n) is 3.15. The number of hydrogen-bond acceptors (Lipinski definition) is 3. The van der Waals surface area contributed by atoms with Gasteiger partial charge in [0.25, 0.3) is 5.91 Å². The number of nitrogens with one attached hydrogen (secondary N) is 1. The van der Waals surface area contributed by atoms with Crippen LogP contribution in [-0.4, -0.2) is 35.2 Å². The number of imide groups is 1. The van der Waals surface area contributed by atoms with Crippen LogP contribution < -0.4 is 5.32 Å². The summed E-state index contributed by atoms with van der Waals surface area (Å²) in [6, 6.07) is -0.581. The Morgan fingerprint density at radius 3 is 2.50 bits per heavy atom. The monoisotopic (exact) mass is 445 g/mol. The Balaban J connectivity index is 0.00000180. The van der Waals surface area contributed by atoms with Crippen LogP contribution in [0, 0.1) is 7.43 Å². The van der Waals surface area contributed by atoms with Crippen molar-refractivity contribution in [3.05, 3.63) is 43.9 Å². The summed E-state index contributed by atoms with van der Waals surface area (Å²) in [7, 11) is 0. The molecule has 108 valence electrons. The molecule has 3 amide bonds. The fourth-order valence-corrected chi connectivity index (χ4v) is 2.19. The molecule has 0 spiro atoms. The van der Waals surface area contributed by atoms with E-state index in [1.54, 1.807) is 12.2 Å². The van der Waals surface area contributed by atoms with E-state index < -0.39 is 11.9 Å². The molecule has 0 saturated carbocycles. The van der Waals surface area contributed by atoms with Gasteiger partial charge in [0.05, 0.1) is 0 Å². The van der Waals surface area contributed by atoms with Crippen LogP contribution in [0.15, 0.2) is 36.5 Å². The van der Waals surface area contributed by atoms with Gasteiger partial charge in [0.15, 0.2) is 0 Å². The molecule has 0 aliphatic carbocycles. The molecule has 5 nitrogen and oxygen atoms in total. The van der Waals surface area contributed by atoms with Crippen LogP contribution in [0.3, 0.4) is 0 Å². The largest absolute Gasteiger partial charge is 0.358 e.